The molecule has 0 saturated heterocycles. The lowest BCUT2D eigenvalue weighted by Crippen LogP contribution is -2.61. The third-order valence-electron chi connectivity index (χ3n) is 6.60. The van der Waals surface area contributed by atoms with E-state index in [2.05, 4.69) is 35.1 Å². The summed E-state index contributed by atoms with van der Waals surface area (Å²) in [6.45, 7) is 4.88. The fourth-order valence-corrected chi connectivity index (χ4v) is 7.22. The normalized spacial score (nSPS) is 51.0. The van der Waals surface area contributed by atoms with Crippen LogP contribution in [-0.2, 0) is 4.79 Å². The number of hydrogen-bond donors (Lipinski definition) is 1. The molecule has 0 spiro atoms. The number of carbonyl (C=O) groups is 1. The van der Waals surface area contributed by atoms with Crippen LogP contribution in [0.3, 0.4) is 0 Å². The predicted molar refractivity (Wildman–Crippen MR) is 83.7 cm³/mol. The molecule has 0 aromatic rings. The molecule has 3 heteroatoms. The molecule has 4 bridgehead atoms. The van der Waals surface area contributed by atoms with E-state index in [4.69, 9.17) is 0 Å². The monoisotopic (exact) mass is 339 g/mol. The van der Waals surface area contributed by atoms with Gasteiger partial charge in [0.15, 0.2) is 0 Å². The molecular formula is C17H26BrNO. The van der Waals surface area contributed by atoms with Gasteiger partial charge in [0.25, 0.3) is 0 Å². The predicted octanol–water partition coefficient (Wildman–Crippen LogP) is 4.03. The van der Waals surface area contributed by atoms with Crippen molar-refractivity contribution >= 4 is 21.8 Å². The molecule has 2 unspecified atom stereocenters. The lowest BCUT2D eigenvalue weighted by atomic mass is 9.40. The van der Waals surface area contributed by atoms with Gasteiger partial charge >= 0.3 is 0 Å². The van der Waals surface area contributed by atoms with Gasteiger partial charge < -0.3 is 5.32 Å². The van der Waals surface area contributed by atoms with Crippen molar-refractivity contribution in [1.82, 2.24) is 5.32 Å². The first-order valence-corrected chi connectivity index (χ1v) is 9.31. The van der Waals surface area contributed by atoms with E-state index in [0.29, 0.717) is 16.7 Å². The number of carbonyl (C=O) groups excluding carboxylic acids is 1. The topological polar surface area (TPSA) is 29.1 Å². The molecule has 0 aromatic heterocycles. The Labute approximate surface area is 130 Å². The van der Waals surface area contributed by atoms with Gasteiger partial charge in [-0.05, 0) is 68.1 Å². The lowest BCUT2D eigenvalue weighted by molar-refractivity contribution is -0.170. The number of nitrogens with one attached hydrogen (secondary N) is 1. The van der Waals surface area contributed by atoms with E-state index in [-0.39, 0.29) is 11.0 Å². The Balaban J connectivity index is 1.62. The zero-order chi connectivity index (χ0) is 14.2. The van der Waals surface area contributed by atoms with Crippen LogP contribution in [0.2, 0.25) is 0 Å². The van der Waals surface area contributed by atoms with Gasteiger partial charge in [-0.1, -0.05) is 29.8 Å². The molecule has 1 N–H and O–H groups in total. The van der Waals surface area contributed by atoms with Crippen LogP contribution in [0.5, 0.6) is 0 Å². The van der Waals surface area contributed by atoms with Crippen molar-refractivity contribution in [3.8, 4) is 0 Å². The lowest BCUT2D eigenvalue weighted by Gasteiger charge is -2.64. The van der Waals surface area contributed by atoms with Crippen LogP contribution < -0.4 is 5.32 Å². The van der Waals surface area contributed by atoms with E-state index >= 15 is 0 Å². The molecule has 5 aliphatic carbocycles. The van der Waals surface area contributed by atoms with Gasteiger partial charge in [-0.25, -0.2) is 0 Å². The average molecular weight is 340 g/mol. The smallest absolute Gasteiger partial charge is 0.226 e. The van der Waals surface area contributed by atoms with Gasteiger partial charge in [-0.3, -0.25) is 4.79 Å². The van der Waals surface area contributed by atoms with Crippen LogP contribution in [0, 0.1) is 22.2 Å². The molecule has 5 rings (SSSR count). The molecule has 0 aliphatic heterocycles. The minimum Gasteiger partial charge on any atom is -0.349 e. The van der Waals surface area contributed by atoms with Crippen molar-refractivity contribution in [2.75, 3.05) is 5.33 Å². The first kappa shape index (κ1) is 13.6. The summed E-state index contributed by atoms with van der Waals surface area (Å²) in [6, 6.07) is 0. The zero-order valence-electron chi connectivity index (χ0n) is 12.7. The van der Waals surface area contributed by atoms with Crippen molar-refractivity contribution in [3.63, 3.8) is 0 Å². The van der Waals surface area contributed by atoms with Crippen molar-refractivity contribution < 1.29 is 4.79 Å². The van der Waals surface area contributed by atoms with Crippen molar-refractivity contribution in [2.45, 2.75) is 70.8 Å². The molecule has 5 aliphatic rings. The third kappa shape index (κ3) is 1.91. The van der Waals surface area contributed by atoms with E-state index in [1.54, 1.807) is 0 Å². The number of amides is 1. The van der Waals surface area contributed by atoms with E-state index in [9.17, 15) is 4.79 Å². The SMILES string of the molecule is CC12CC3CC(C)(C1)CC(C(=O)NC1(CBr)CC1)(C3)C2. The first-order valence-electron chi connectivity index (χ1n) is 8.19. The minimum atomic E-state index is -0.0410. The molecule has 5 saturated carbocycles. The van der Waals surface area contributed by atoms with Gasteiger partial charge in [0.05, 0.1) is 5.41 Å². The molecular weight excluding hydrogens is 314 g/mol. The van der Waals surface area contributed by atoms with Crippen LogP contribution in [0.4, 0.5) is 0 Å². The fourth-order valence-electron chi connectivity index (χ4n) is 6.52. The molecule has 1 amide bonds. The Morgan fingerprint density at radius 3 is 2.15 bits per heavy atom. The third-order valence-corrected chi connectivity index (χ3v) is 7.67. The van der Waals surface area contributed by atoms with E-state index in [1.165, 1.54) is 19.3 Å². The van der Waals surface area contributed by atoms with Crippen molar-refractivity contribution in [2.24, 2.45) is 22.2 Å². The maximum absolute atomic E-state index is 13.1. The molecule has 20 heavy (non-hydrogen) atoms. The summed E-state index contributed by atoms with van der Waals surface area (Å²) in [6.07, 6.45) is 9.79. The number of rotatable bonds is 3. The first-order chi connectivity index (χ1) is 9.30. The van der Waals surface area contributed by atoms with Gasteiger partial charge in [-0.15, -0.1) is 0 Å². The summed E-state index contributed by atoms with van der Waals surface area (Å²) < 4.78 is 0. The molecule has 5 fully saturated rings. The van der Waals surface area contributed by atoms with Crippen LogP contribution in [0.15, 0.2) is 0 Å². The van der Waals surface area contributed by atoms with Crippen molar-refractivity contribution in [1.29, 1.82) is 0 Å². The molecule has 2 atom stereocenters. The van der Waals surface area contributed by atoms with E-state index in [1.807, 2.05) is 0 Å². The summed E-state index contributed by atoms with van der Waals surface area (Å²) in [7, 11) is 0. The maximum Gasteiger partial charge on any atom is 0.226 e. The largest absolute Gasteiger partial charge is 0.349 e. The number of alkyl halides is 1. The summed E-state index contributed by atoms with van der Waals surface area (Å²) in [4.78, 5) is 13.1. The van der Waals surface area contributed by atoms with Crippen LogP contribution >= 0.6 is 15.9 Å². The Morgan fingerprint density at radius 2 is 1.70 bits per heavy atom. The van der Waals surface area contributed by atoms with E-state index < -0.39 is 0 Å². The Morgan fingerprint density at radius 1 is 1.10 bits per heavy atom. The quantitative estimate of drug-likeness (QED) is 0.773. The average Bonchev–Trinajstić information content (AvgIpc) is 3.04. The highest BCUT2D eigenvalue weighted by molar-refractivity contribution is 9.09. The summed E-state index contributed by atoms with van der Waals surface area (Å²) >= 11 is 3.58. The number of halogens is 1. The highest BCUT2D eigenvalue weighted by atomic mass is 79.9. The zero-order valence-corrected chi connectivity index (χ0v) is 14.3. The highest BCUT2D eigenvalue weighted by Crippen LogP contribution is 2.69. The van der Waals surface area contributed by atoms with E-state index in [0.717, 1.165) is 43.4 Å². The Hall–Kier alpha value is -0.0500. The van der Waals surface area contributed by atoms with Gasteiger partial charge in [0.2, 0.25) is 5.91 Å². The molecule has 0 radical (unpaired) electrons. The second-order valence-electron chi connectivity index (χ2n) is 9.28. The highest BCUT2D eigenvalue weighted by Gasteiger charge is 2.63. The molecule has 0 aromatic carbocycles. The van der Waals surface area contributed by atoms with Crippen molar-refractivity contribution in [3.05, 3.63) is 0 Å². The summed E-state index contributed by atoms with van der Waals surface area (Å²) in [5.41, 5.74) is 0.913. The maximum atomic E-state index is 13.1. The second-order valence-corrected chi connectivity index (χ2v) is 9.84. The molecule has 2 nitrogen and oxygen atoms in total. The Bertz CT molecular complexity index is 452. The summed E-state index contributed by atoms with van der Waals surface area (Å²) in [5.74, 6) is 1.18. The number of hydrogen-bond acceptors (Lipinski definition) is 1. The molecule has 112 valence electrons. The summed E-state index contributed by atoms with van der Waals surface area (Å²) in [5, 5.41) is 4.34. The Kier molecular flexibility index (Phi) is 2.60. The second kappa shape index (κ2) is 3.83. The van der Waals surface area contributed by atoms with Gasteiger partial charge in [0.1, 0.15) is 0 Å². The van der Waals surface area contributed by atoms with Crippen LogP contribution in [-0.4, -0.2) is 16.8 Å². The molecule has 0 heterocycles. The van der Waals surface area contributed by atoms with Gasteiger partial charge in [0, 0.05) is 10.9 Å². The fraction of sp³-hybridized carbons (Fsp3) is 0.941. The van der Waals surface area contributed by atoms with Gasteiger partial charge in [-0.2, -0.15) is 0 Å². The van der Waals surface area contributed by atoms with Crippen LogP contribution in [0.25, 0.3) is 0 Å². The van der Waals surface area contributed by atoms with Crippen LogP contribution in [0.1, 0.15) is 65.2 Å². The minimum absolute atomic E-state index is 0.0410. The standard InChI is InChI=1S/C17H26BrNO/c1-14-5-12-6-15(2,8-14)10-16(7-12,9-14)13(20)19-17(11-18)3-4-17/h12H,3-11H2,1-2H3,(H,19,20).